The van der Waals surface area contributed by atoms with Crippen molar-refractivity contribution < 1.29 is 13.9 Å². The molecule has 2 aliphatic heterocycles. The Bertz CT molecular complexity index is 994. The Morgan fingerprint density at radius 3 is 2.91 bits per heavy atom. The van der Waals surface area contributed by atoms with Gasteiger partial charge in [0.15, 0.2) is 5.58 Å². The van der Waals surface area contributed by atoms with Gasteiger partial charge in [-0.2, -0.15) is 4.98 Å². The average molecular weight is 336 g/mol. The number of carbonyl (C=O) groups excluding carboxylic acids is 1. The molecule has 118 valence electrons. The normalized spacial score (nSPS) is 11.0. The minimum atomic E-state index is -0.810. The van der Waals surface area contributed by atoms with E-state index in [1.807, 2.05) is 0 Å². The number of nitrogens with one attached hydrogen (secondary N) is 1. The number of rotatable bonds is 4. The molecule has 0 unspecified atom stereocenters. The molecule has 0 aliphatic carbocycles. The molecule has 0 spiro atoms. The van der Waals surface area contributed by atoms with E-state index >= 15 is 0 Å². The van der Waals surface area contributed by atoms with E-state index in [2.05, 4.69) is 9.97 Å². The molecule has 9 heteroatoms. The van der Waals surface area contributed by atoms with Crippen molar-refractivity contribution in [1.29, 1.82) is 0 Å². The van der Waals surface area contributed by atoms with Crippen molar-refractivity contribution in [2.45, 2.75) is 6.42 Å². The molecule has 0 atom stereocenters. The minimum Gasteiger partial charge on any atom is -0.491 e. The van der Waals surface area contributed by atoms with Crippen LogP contribution in [0, 0.1) is 0 Å². The van der Waals surface area contributed by atoms with Crippen LogP contribution in [0.4, 0.5) is 0 Å². The molecule has 3 rings (SSSR count). The van der Waals surface area contributed by atoms with Gasteiger partial charge >= 0.3 is 5.69 Å². The van der Waals surface area contributed by atoms with E-state index in [0.717, 1.165) is 0 Å². The summed E-state index contributed by atoms with van der Waals surface area (Å²) in [5, 5.41) is 0.680. The van der Waals surface area contributed by atoms with E-state index < -0.39 is 17.2 Å². The van der Waals surface area contributed by atoms with Gasteiger partial charge in [0.25, 0.3) is 5.56 Å². The van der Waals surface area contributed by atoms with Gasteiger partial charge in [0.1, 0.15) is 16.3 Å². The number of hydrogen-bond donors (Lipinski definition) is 2. The largest absolute Gasteiger partial charge is 0.491 e. The highest BCUT2D eigenvalue weighted by molar-refractivity contribution is 6.36. The lowest BCUT2D eigenvalue weighted by molar-refractivity contribution is -0.118. The molecule has 1 aromatic rings. The molecule has 23 heavy (non-hydrogen) atoms. The van der Waals surface area contributed by atoms with Crippen LogP contribution in [0.5, 0.6) is 5.75 Å². The molecule has 0 bridgehead atoms. The highest BCUT2D eigenvalue weighted by atomic mass is 35.5. The van der Waals surface area contributed by atoms with Gasteiger partial charge in [-0.25, -0.2) is 4.79 Å². The van der Waals surface area contributed by atoms with Gasteiger partial charge in [0.2, 0.25) is 11.8 Å². The first-order valence-corrected chi connectivity index (χ1v) is 6.91. The minimum absolute atomic E-state index is 0.0414. The summed E-state index contributed by atoms with van der Waals surface area (Å²) in [6, 6.07) is 4.73. The lowest BCUT2D eigenvalue weighted by Crippen LogP contribution is -2.24. The van der Waals surface area contributed by atoms with Gasteiger partial charge in [0.05, 0.1) is 13.0 Å². The summed E-state index contributed by atoms with van der Waals surface area (Å²) in [6.45, 7) is 0.0662. The Labute approximate surface area is 133 Å². The first kappa shape index (κ1) is 15.0. The zero-order valence-electron chi connectivity index (χ0n) is 11.6. The Balaban J connectivity index is 2.12. The first-order valence-electron chi connectivity index (χ1n) is 6.53. The van der Waals surface area contributed by atoms with Gasteiger partial charge in [-0.1, -0.05) is 11.6 Å². The van der Waals surface area contributed by atoms with Crippen LogP contribution < -0.4 is 21.7 Å². The molecule has 0 saturated carbocycles. The van der Waals surface area contributed by atoms with E-state index in [0.29, 0.717) is 5.39 Å². The number of carbonyl (C=O) groups is 1. The van der Waals surface area contributed by atoms with E-state index in [9.17, 15) is 14.4 Å². The summed E-state index contributed by atoms with van der Waals surface area (Å²) >= 11 is 6.21. The van der Waals surface area contributed by atoms with E-state index in [-0.39, 0.29) is 40.8 Å². The number of H-pyrrole nitrogens is 1. The zero-order valence-corrected chi connectivity index (χ0v) is 12.3. The SMILES string of the molecule is NC(=O)CCOc1ccc2cc3c(=O)[nH]c(=O)nc-3oc2c1Cl. The molecule has 0 fully saturated rings. The quantitative estimate of drug-likeness (QED) is 0.681. The highest BCUT2D eigenvalue weighted by Crippen LogP contribution is 2.35. The highest BCUT2D eigenvalue weighted by Gasteiger charge is 2.17. The molecule has 0 aromatic heterocycles. The van der Waals surface area contributed by atoms with Gasteiger partial charge in [-0.3, -0.25) is 14.6 Å². The van der Waals surface area contributed by atoms with Crippen LogP contribution >= 0.6 is 11.6 Å². The predicted molar refractivity (Wildman–Crippen MR) is 81.8 cm³/mol. The van der Waals surface area contributed by atoms with Crippen molar-refractivity contribution in [1.82, 2.24) is 9.97 Å². The van der Waals surface area contributed by atoms with Crippen LogP contribution in [0.3, 0.4) is 0 Å². The summed E-state index contributed by atoms with van der Waals surface area (Å²) in [6.07, 6.45) is 0.0414. The summed E-state index contributed by atoms with van der Waals surface area (Å²) in [5.74, 6) is -0.331. The average Bonchev–Trinajstić information content (AvgIpc) is 2.48. The summed E-state index contributed by atoms with van der Waals surface area (Å²) in [7, 11) is 0. The monoisotopic (exact) mass is 335 g/mol. The molecule has 1 amide bonds. The molecule has 0 radical (unpaired) electrons. The van der Waals surface area contributed by atoms with Crippen LogP contribution in [0.1, 0.15) is 6.42 Å². The van der Waals surface area contributed by atoms with E-state index in [1.54, 1.807) is 12.1 Å². The fourth-order valence-electron chi connectivity index (χ4n) is 2.04. The van der Waals surface area contributed by atoms with Crippen molar-refractivity contribution in [2.24, 2.45) is 5.73 Å². The van der Waals surface area contributed by atoms with Crippen LogP contribution in [0.15, 0.2) is 32.2 Å². The number of hydrogen-bond acceptors (Lipinski definition) is 6. The second-order valence-corrected chi connectivity index (χ2v) is 5.08. The zero-order chi connectivity index (χ0) is 16.6. The number of fused-ring (bicyclic) bond motifs is 2. The maximum Gasteiger partial charge on any atom is 0.351 e. The van der Waals surface area contributed by atoms with Gasteiger partial charge in [-0.15, -0.1) is 0 Å². The Kier molecular flexibility index (Phi) is 3.75. The molecule has 8 nitrogen and oxygen atoms in total. The summed E-state index contributed by atoms with van der Waals surface area (Å²) < 4.78 is 10.8. The van der Waals surface area contributed by atoms with Crippen molar-refractivity contribution >= 4 is 28.5 Å². The molecule has 1 aromatic carbocycles. The van der Waals surface area contributed by atoms with Crippen LogP contribution in [-0.2, 0) is 4.79 Å². The van der Waals surface area contributed by atoms with Gasteiger partial charge in [0, 0.05) is 5.39 Å². The molecular formula is C14H10ClN3O5. The predicted octanol–water partition coefficient (Wildman–Crippen LogP) is 0.889. The number of benzene rings is 1. The number of halogens is 1. The maximum absolute atomic E-state index is 11.7. The van der Waals surface area contributed by atoms with E-state index in [4.69, 9.17) is 26.5 Å². The Morgan fingerprint density at radius 2 is 2.17 bits per heavy atom. The smallest absolute Gasteiger partial charge is 0.351 e. The number of nitrogens with zero attached hydrogens (tertiary/aromatic N) is 1. The summed E-state index contributed by atoms with van der Waals surface area (Å²) in [5.41, 5.74) is 3.98. The van der Waals surface area contributed by atoms with Crippen molar-refractivity contribution in [3.8, 4) is 17.2 Å². The molecule has 2 heterocycles. The number of nitrogens with two attached hydrogens (primary N) is 1. The van der Waals surface area contributed by atoms with Crippen LogP contribution in [-0.4, -0.2) is 22.5 Å². The summed E-state index contributed by atoms with van der Waals surface area (Å²) in [4.78, 5) is 39.4. The molecule has 0 saturated heterocycles. The Morgan fingerprint density at radius 1 is 1.39 bits per heavy atom. The lowest BCUT2D eigenvalue weighted by Gasteiger charge is -2.10. The molecule has 2 aliphatic rings. The first-order chi connectivity index (χ1) is 11.0. The van der Waals surface area contributed by atoms with Crippen molar-refractivity contribution in [2.75, 3.05) is 6.61 Å². The number of aromatic amines is 1. The topological polar surface area (TPSA) is 128 Å². The number of ether oxygens (including phenoxy) is 1. The molecular weight excluding hydrogens is 326 g/mol. The van der Waals surface area contributed by atoms with Crippen LogP contribution in [0.2, 0.25) is 5.02 Å². The third-order valence-corrected chi connectivity index (χ3v) is 3.45. The van der Waals surface area contributed by atoms with E-state index in [1.165, 1.54) is 6.07 Å². The van der Waals surface area contributed by atoms with Crippen molar-refractivity contribution in [3.63, 3.8) is 0 Å². The third-order valence-electron chi connectivity index (χ3n) is 3.10. The van der Waals surface area contributed by atoms with Gasteiger partial charge in [-0.05, 0) is 18.2 Å². The number of aromatic nitrogens is 2. The second kappa shape index (κ2) is 5.73. The Hall–Kier alpha value is -2.87. The lowest BCUT2D eigenvalue weighted by atomic mass is 10.1. The second-order valence-electron chi connectivity index (χ2n) is 4.70. The standard InChI is InChI=1S/C14H10ClN3O5/c15-10-8(22-4-3-9(16)19)2-1-6-5-7-12(20)17-14(21)18-13(7)23-11(6)10/h1-2,5H,3-4H2,(H2,16,19)(H,17,20,21). The fourth-order valence-corrected chi connectivity index (χ4v) is 2.31. The third kappa shape index (κ3) is 2.88. The van der Waals surface area contributed by atoms with Crippen molar-refractivity contribution in [3.05, 3.63) is 44.1 Å². The fraction of sp³-hybridized carbons (Fsp3) is 0.143. The molecule has 3 N–H and O–H groups in total. The number of amides is 1. The van der Waals surface area contributed by atoms with Gasteiger partial charge < -0.3 is 14.9 Å². The maximum atomic E-state index is 11.7. The number of primary amides is 1. The van der Waals surface area contributed by atoms with Crippen LogP contribution in [0.25, 0.3) is 22.4 Å².